The molecule has 0 aliphatic carbocycles. The number of nitrogens with one attached hydrogen (secondary N) is 1. The van der Waals surface area contributed by atoms with Gasteiger partial charge >= 0.3 is 23.9 Å². The number of aliphatic carboxylic acids is 3. The SMILES string of the molecule is CC1(C)CC(OC(=O)C(C(=O)O)C(CC(=O)O)C(=O)O)CC(C)(C)N1. The Morgan fingerprint density at radius 2 is 1.48 bits per heavy atom. The molecule has 0 radical (unpaired) electrons. The minimum atomic E-state index is -2.07. The summed E-state index contributed by atoms with van der Waals surface area (Å²) < 4.78 is 5.28. The van der Waals surface area contributed by atoms with Crippen LogP contribution in [0.5, 0.6) is 0 Å². The second-order valence-corrected chi connectivity index (χ2v) is 7.72. The summed E-state index contributed by atoms with van der Waals surface area (Å²) in [5.74, 6) is -10.1. The lowest BCUT2D eigenvalue weighted by Crippen LogP contribution is -2.60. The highest BCUT2D eigenvalue weighted by molar-refractivity contribution is 5.99. The lowest BCUT2D eigenvalue weighted by atomic mass is 9.81. The van der Waals surface area contributed by atoms with E-state index in [9.17, 15) is 24.3 Å². The first-order valence-electron chi connectivity index (χ1n) is 7.91. The van der Waals surface area contributed by atoms with E-state index in [-0.39, 0.29) is 11.1 Å². The van der Waals surface area contributed by atoms with Crippen molar-refractivity contribution in [3.05, 3.63) is 0 Å². The van der Waals surface area contributed by atoms with Crippen LogP contribution < -0.4 is 5.32 Å². The topological polar surface area (TPSA) is 150 Å². The third-order valence-corrected chi connectivity index (χ3v) is 4.07. The van der Waals surface area contributed by atoms with Gasteiger partial charge in [0.2, 0.25) is 0 Å². The fourth-order valence-electron chi connectivity index (χ4n) is 3.52. The van der Waals surface area contributed by atoms with Gasteiger partial charge in [0.25, 0.3) is 0 Å². The molecule has 0 aromatic rings. The molecule has 1 saturated heterocycles. The summed E-state index contributed by atoms with van der Waals surface area (Å²) in [5, 5.41) is 30.5. The van der Waals surface area contributed by atoms with Gasteiger partial charge in [0.05, 0.1) is 12.3 Å². The second-order valence-electron chi connectivity index (χ2n) is 7.72. The zero-order chi connectivity index (χ0) is 19.6. The van der Waals surface area contributed by atoms with Crippen molar-refractivity contribution in [1.29, 1.82) is 0 Å². The maximum atomic E-state index is 12.3. The molecule has 0 aromatic heterocycles. The van der Waals surface area contributed by atoms with Gasteiger partial charge in [-0.25, -0.2) is 0 Å². The van der Waals surface area contributed by atoms with E-state index in [2.05, 4.69) is 5.32 Å². The largest absolute Gasteiger partial charge is 0.481 e. The van der Waals surface area contributed by atoms with Crippen molar-refractivity contribution in [2.45, 2.75) is 64.1 Å². The molecule has 1 aliphatic rings. The van der Waals surface area contributed by atoms with E-state index in [4.69, 9.17) is 14.9 Å². The van der Waals surface area contributed by atoms with Crippen molar-refractivity contribution in [2.75, 3.05) is 0 Å². The van der Waals surface area contributed by atoms with Crippen LogP contribution >= 0.6 is 0 Å². The molecule has 1 rings (SSSR count). The Bertz CT molecular complexity index is 552. The van der Waals surface area contributed by atoms with Gasteiger partial charge < -0.3 is 25.4 Å². The van der Waals surface area contributed by atoms with Gasteiger partial charge in [-0.1, -0.05) is 0 Å². The van der Waals surface area contributed by atoms with Crippen molar-refractivity contribution >= 4 is 23.9 Å². The second kappa shape index (κ2) is 7.38. The van der Waals surface area contributed by atoms with Crippen LogP contribution in [0.1, 0.15) is 47.0 Å². The molecule has 0 saturated carbocycles. The molecule has 0 bridgehead atoms. The van der Waals surface area contributed by atoms with E-state index < -0.39 is 48.2 Å². The Hall–Kier alpha value is -2.16. The van der Waals surface area contributed by atoms with Crippen LogP contribution in [0.25, 0.3) is 0 Å². The van der Waals surface area contributed by atoms with Crippen LogP contribution in [0.2, 0.25) is 0 Å². The highest BCUT2D eigenvalue weighted by Gasteiger charge is 2.45. The number of carbonyl (C=O) groups excluding carboxylic acids is 1. The third-order valence-electron chi connectivity index (χ3n) is 4.07. The van der Waals surface area contributed by atoms with Crippen LogP contribution in [0, 0.1) is 11.8 Å². The first kappa shape index (κ1) is 20.9. The quantitative estimate of drug-likeness (QED) is 0.380. The first-order chi connectivity index (χ1) is 11.2. The fourth-order valence-corrected chi connectivity index (χ4v) is 3.52. The van der Waals surface area contributed by atoms with Gasteiger partial charge in [0.1, 0.15) is 6.10 Å². The molecule has 1 fully saturated rings. The average Bonchev–Trinajstić information content (AvgIpc) is 2.32. The lowest BCUT2D eigenvalue weighted by molar-refractivity contribution is -0.173. The molecular formula is C16H25NO8. The summed E-state index contributed by atoms with van der Waals surface area (Å²) in [6.07, 6.45) is -0.735. The lowest BCUT2D eigenvalue weighted by Gasteiger charge is -2.46. The first-order valence-corrected chi connectivity index (χ1v) is 7.91. The smallest absolute Gasteiger partial charge is 0.321 e. The molecule has 0 aromatic carbocycles. The highest BCUT2D eigenvalue weighted by atomic mass is 16.5. The molecule has 142 valence electrons. The Kier molecular flexibility index (Phi) is 6.17. The minimum absolute atomic E-state index is 0.362. The molecule has 9 nitrogen and oxygen atoms in total. The number of carbonyl (C=O) groups is 4. The Balaban J connectivity index is 2.98. The minimum Gasteiger partial charge on any atom is -0.481 e. The molecule has 0 amide bonds. The fraction of sp³-hybridized carbons (Fsp3) is 0.750. The van der Waals surface area contributed by atoms with E-state index >= 15 is 0 Å². The number of carboxylic acids is 3. The predicted octanol–water partition coefficient (Wildman–Crippen LogP) is 0.715. The predicted molar refractivity (Wildman–Crippen MR) is 84.9 cm³/mol. The molecule has 2 unspecified atom stereocenters. The van der Waals surface area contributed by atoms with E-state index in [1.807, 2.05) is 27.7 Å². The molecule has 9 heteroatoms. The standard InChI is InChI=1S/C16H25NO8/c1-15(2)6-8(7-16(3,4)17-15)25-14(24)11(13(22)23)9(12(20)21)5-10(18)19/h8-9,11,17H,5-7H2,1-4H3,(H,18,19)(H,20,21)(H,22,23). The maximum absolute atomic E-state index is 12.3. The normalized spacial score (nSPS) is 21.8. The van der Waals surface area contributed by atoms with Crippen molar-refractivity contribution in [2.24, 2.45) is 11.8 Å². The monoisotopic (exact) mass is 359 g/mol. The summed E-state index contributed by atoms with van der Waals surface area (Å²) in [4.78, 5) is 45.8. The summed E-state index contributed by atoms with van der Waals surface area (Å²) >= 11 is 0. The number of hydrogen-bond donors (Lipinski definition) is 4. The Labute approximate surface area is 145 Å². The van der Waals surface area contributed by atoms with Crippen molar-refractivity contribution in [3.63, 3.8) is 0 Å². The summed E-state index contributed by atoms with van der Waals surface area (Å²) in [6.45, 7) is 7.64. The van der Waals surface area contributed by atoms with E-state index in [0.29, 0.717) is 12.8 Å². The molecule has 1 heterocycles. The Morgan fingerprint density at radius 3 is 1.84 bits per heavy atom. The molecule has 0 spiro atoms. The van der Waals surface area contributed by atoms with E-state index in [0.717, 1.165) is 0 Å². The van der Waals surface area contributed by atoms with Crippen molar-refractivity contribution in [1.82, 2.24) is 5.32 Å². The number of rotatable bonds is 7. The molecule has 25 heavy (non-hydrogen) atoms. The molecule has 2 atom stereocenters. The van der Waals surface area contributed by atoms with Crippen molar-refractivity contribution < 1.29 is 39.2 Å². The van der Waals surface area contributed by atoms with Gasteiger partial charge in [-0.2, -0.15) is 0 Å². The number of carboxylic acid groups (broad SMARTS) is 3. The third kappa shape index (κ3) is 6.00. The molecule has 1 aliphatic heterocycles. The number of esters is 1. The van der Waals surface area contributed by atoms with Crippen LogP contribution in [-0.4, -0.2) is 56.4 Å². The van der Waals surface area contributed by atoms with Gasteiger partial charge in [-0.15, -0.1) is 0 Å². The van der Waals surface area contributed by atoms with E-state index in [1.165, 1.54) is 0 Å². The van der Waals surface area contributed by atoms with Crippen LogP contribution in [-0.2, 0) is 23.9 Å². The number of piperidine rings is 1. The maximum Gasteiger partial charge on any atom is 0.321 e. The average molecular weight is 359 g/mol. The molecular weight excluding hydrogens is 334 g/mol. The van der Waals surface area contributed by atoms with Crippen LogP contribution in [0.3, 0.4) is 0 Å². The summed E-state index contributed by atoms with van der Waals surface area (Å²) in [7, 11) is 0. The zero-order valence-corrected chi connectivity index (χ0v) is 14.7. The number of ether oxygens (including phenoxy) is 1. The highest BCUT2D eigenvalue weighted by Crippen LogP contribution is 2.31. The molecule has 4 N–H and O–H groups in total. The van der Waals surface area contributed by atoms with Gasteiger partial charge in [0, 0.05) is 23.9 Å². The van der Waals surface area contributed by atoms with Crippen molar-refractivity contribution in [3.8, 4) is 0 Å². The van der Waals surface area contributed by atoms with Crippen LogP contribution in [0.15, 0.2) is 0 Å². The zero-order valence-electron chi connectivity index (χ0n) is 14.7. The Morgan fingerprint density at radius 1 is 1.00 bits per heavy atom. The van der Waals surface area contributed by atoms with Gasteiger partial charge in [-0.05, 0) is 27.7 Å². The van der Waals surface area contributed by atoms with E-state index in [1.54, 1.807) is 0 Å². The van der Waals surface area contributed by atoms with Gasteiger partial charge in [0.15, 0.2) is 5.92 Å². The van der Waals surface area contributed by atoms with Crippen LogP contribution in [0.4, 0.5) is 0 Å². The summed E-state index contributed by atoms with van der Waals surface area (Å²) in [6, 6.07) is 0. The van der Waals surface area contributed by atoms with Gasteiger partial charge in [-0.3, -0.25) is 19.2 Å². The number of hydrogen-bond acceptors (Lipinski definition) is 6. The summed E-state index contributed by atoms with van der Waals surface area (Å²) in [5.41, 5.74) is -0.725.